The zero-order valence-electron chi connectivity index (χ0n) is 11.1. The Morgan fingerprint density at radius 3 is 2.65 bits per heavy atom. The molecule has 0 unspecified atom stereocenters. The van der Waals surface area contributed by atoms with Crippen molar-refractivity contribution in [1.29, 1.82) is 0 Å². The molecule has 1 rings (SSSR count). The van der Waals surface area contributed by atoms with Crippen molar-refractivity contribution in [1.82, 2.24) is 0 Å². The topological polar surface area (TPSA) is 47.3 Å². The van der Waals surface area contributed by atoms with Crippen molar-refractivity contribution in [3.63, 3.8) is 0 Å². The fourth-order valence-corrected chi connectivity index (χ4v) is 1.71. The Labute approximate surface area is 104 Å². The molecule has 0 aliphatic heterocycles. The van der Waals surface area contributed by atoms with E-state index in [0.717, 1.165) is 30.9 Å². The smallest absolute Gasteiger partial charge is 0.142 e. The third kappa shape index (κ3) is 4.65. The molecule has 0 bridgehead atoms. The highest BCUT2D eigenvalue weighted by Gasteiger charge is 2.16. The number of hydrogen-bond donors (Lipinski definition) is 2. The maximum Gasteiger partial charge on any atom is 0.142 e. The molecular weight excluding hydrogens is 212 g/mol. The Morgan fingerprint density at radius 2 is 2.00 bits per heavy atom. The summed E-state index contributed by atoms with van der Waals surface area (Å²) >= 11 is 0. The Hall–Kier alpha value is -1.22. The van der Waals surface area contributed by atoms with E-state index in [9.17, 15) is 0 Å². The van der Waals surface area contributed by atoms with E-state index < -0.39 is 0 Å². The van der Waals surface area contributed by atoms with Crippen LogP contribution in [-0.2, 0) is 0 Å². The number of nitrogens with one attached hydrogen (secondary N) is 1. The first-order valence-electron chi connectivity index (χ1n) is 6.25. The van der Waals surface area contributed by atoms with E-state index in [2.05, 4.69) is 19.2 Å². The summed E-state index contributed by atoms with van der Waals surface area (Å²) < 4.78 is 5.57. The predicted octanol–water partition coefficient (Wildman–Crippen LogP) is 2.87. The van der Waals surface area contributed by atoms with Crippen molar-refractivity contribution in [2.24, 2.45) is 11.1 Å². The molecule has 0 saturated heterocycles. The molecule has 3 nitrogen and oxygen atoms in total. The van der Waals surface area contributed by atoms with Gasteiger partial charge in [-0.25, -0.2) is 0 Å². The zero-order valence-corrected chi connectivity index (χ0v) is 11.1. The molecule has 0 radical (unpaired) electrons. The van der Waals surface area contributed by atoms with Crippen LogP contribution < -0.4 is 15.8 Å². The summed E-state index contributed by atoms with van der Waals surface area (Å²) in [7, 11) is 0. The highest BCUT2D eigenvalue weighted by Crippen LogP contribution is 2.26. The molecular formula is C14H24N2O. The number of hydrogen-bond acceptors (Lipinski definition) is 3. The van der Waals surface area contributed by atoms with E-state index in [1.54, 1.807) is 0 Å². The number of para-hydroxylation sites is 2. The third-order valence-corrected chi connectivity index (χ3v) is 2.77. The molecule has 0 aliphatic rings. The van der Waals surface area contributed by atoms with Crippen LogP contribution in [0.25, 0.3) is 0 Å². The molecule has 0 heterocycles. The van der Waals surface area contributed by atoms with Gasteiger partial charge in [0.25, 0.3) is 0 Å². The lowest BCUT2D eigenvalue weighted by Crippen LogP contribution is -2.26. The summed E-state index contributed by atoms with van der Waals surface area (Å²) in [4.78, 5) is 0. The summed E-state index contributed by atoms with van der Waals surface area (Å²) in [6.07, 6.45) is 1.01. The van der Waals surface area contributed by atoms with Crippen LogP contribution in [-0.4, -0.2) is 19.7 Å². The van der Waals surface area contributed by atoms with Gasteiger partial charge in [-0.05, 0) is 37.4 Å². The van der Waals surface area contributed by atoms with Crippen LogP contribution in [0.1, 0.15) is 27.2 Å². The van der Waals surface area contributed by atoms with Gasteiger partial charge in [0.2, 0.25) is 0 Å². The Morgan fingerprint density at radius 1 is 1.29 bits per heavy atom. The van der Waals surface area contributed by atoms with Gasteiger partial charge >= 0.3 is 0 Å². The van der Waals surface area contributed by atoms with Gasteiger partial charge in [-0.1, -0.05) is 26.0 Å². The molecule has 1 aromatic rings. The molecule has 0 amide bonds. The maximum absolute atomic E-state index is 5.61. The Kier molecular flexibility index (Phi) is 5.29. The van der Waals surface area contributed by atoms with Gasteiger partial charge < -0.3 is 15.8 Å². The van der Waals surface area contributed by atoms with Gasteiger partial charge in [0, 0.05) is 6.54 Å². The number of nitrogens with two attached hydrogens (primary N) is 1. The minimum absolute atomic E-state index is 0.202. The summed E-state index contributed by atoms with van der Waals surface area (Å²) in [5.74, 6) is 0.915. The number of ether oxygens (including phenoxy) is 1. The lowest BCUT2D eigenvalue weighted by atomic mass is 9.89. The SMILES string of the molecule is CCOc1ccccc1NCC(C)(C)CCN. The monoisotopic (exact) mass is 236 g/mol. The van der Waals surface area contributed by atoms with Gasteiger partial charge in [-0.3, -0.25) is 0 Å². The summed E-state index contributed by atoms with van der Waals surface area (Å²) in [6, 6.07) is 8.03. The molecule has 1 aromatic carbocycles. The van der Waals surface area contributed by atoms with Crippen molar-refractivity contribution in [3.05, 3.63) is 24.3 Å². The maximum atomic E-state index is 5.61. The van der Waals surface area contributed by atoms with Crippen LogP contribution in [0.15, 0.2) is 24.3 Å². The largest absolute Gasteiger partial charge is 0.492 e. The molecule has 0 aliphatic carbocycles. The number of benzene rings is 1. The summed E-state index contributed by atoms with van der Waals surface area (Å²) in [6.45, 7) is 8.74. The lowest BCUT2D eigenvalue weighted by Gasteiger charge is -2.25. The van der Waals surface area contributed by atoms with Crippen molar-refractivity contribution < 1.29 is 4.74 Å². The molecule has 3 N–H and O–H groups in total. The summed E-state index contributed by atoms with van der Waals surface area (Å²) in [5, 5.41) is 3.44. The molecule has 0 spiro atoms. The lowest BCUT2D eigenvalue weighted by molar-refractivity contribution is 0.339. The highest BCUT2D eigenvalue weighted by atomic mass is 16.5. The summed E-state index contributed by atoms with van der Waals surface area (Å²) in [5.41, 5.74) is 6.87. The van der Waals surface area contributed by atoms with Gasteiger partial charge in [0.05, 0.1) is 12.3 Å². The van der Waals surface area contributed by atoms with E-state index >= 15 is 0 Å². The van der Waals surface area contributed by atoms with E-state index in [1.807, 2.05) is 31.2 Å². The first-order valence-corrected chi connectivity index (χ1v) is 6.25. The Bertz CT molecular complexity index is 337. The highest BCUT2D eigenvalue weighted by molar-refractivity contribution is 5.56. The average Bonchev–Trinajstić information content (AvgIpc) is 2.28. The van der Waals surface area contributed by atoms with Crippen LogP contribution in [0, 0.1) is 5.41 Å². The average molecular weight is 236 g/mol. The van der Waals surface area contributed by atoms with Crippen LogP contribution in [0.2, 0.25) is 0 Å². The molecule has 0 saturated carbocycles. The standard InChI is InChI=1S/C14H24N2O/c1-4-17-13-8-6-5-7-12(13)16-11-14(2,3)9-10-15/h5-8,16H,4,9-11,15H2,1-3H3. The van der Waals surface area contributed by atoms with Gasteiger partial charge in [0.1, 0.15) is 5.75 Å². The molecule has 0 aromatic heterocycles. The molecule has 96 valence electrons. The van der Waals surface area contributed by atoms with Crippen molar-refractivity contribution in [3.8, 4) is 5.75 Å². The second-order valence-electron chi connectivity index (χ2n) is 4.99. The molecule has 17 heavy (non-hydrogen) atoms. The van der Waals surface area contributed by atoms with Crippen molar-refractivity contribution in [2.75, 3.05) is 25.0 Å². The predicted molar refractivity (Wildman–Crippen MR) is 73.6 cm³/mol. The second-order valence-corrected chi connectivity index (χ2v) is 4.99. The Balaban J connectivity index is 2.62. The first-order chi connectivity index (χ1) is 8.09. The van der Waals surface area contributed by atoms with Crippen LogP contribution in [0.5, 0.6) is 5.75 Å². The van der Waals surface area contributed by atoms with Gasteiger partial charge in [-0.2, -0.15) is 0 Å². The number of anilines is 1. The van der Waals surface area contributed by atoms with E-state index in [1.165, 1.54) is 0 Å². The fourth-order valence-electron chi connectivity index (χ4n) is 1.71. The first kappa shape index (κ1) is 13.8. The van der Waals surface area contributed by atoms with Crippen LogP contribution in [0.4, 0.5) is 5.69 Å². The van der Waals surface area contributed by atoms with Crippen molar-refractivity contribution in [2.45, 2.75) is 27.2 Å². The second kappa shape index (κ2) is 6.50. The van der Waals surface area contributed by atoms with Gasteiger partial charge in [-0.15, -0.1) is 0 Å². The molecule has 3 heteroatoms. The quantitative estimate of drug-likeness (QED) is 0.765. The molecule has 0 atom stereocenters. The van der Waals surface area contributed by atoms with Crippen molar-refractivity contribution >= 4 is 5.69 Å². The zero-order chi connectivity index (χ0) is 12.7. The van der Waals surface area contributed by atoms with E-state index in [4.69, 9.17) is 10.5 Å². The fraction of sp³-hybridized carbons (Fsp3) is 0.571. The minimum atomic E-state index is 0.202. The van der Waals surface area contributed by atoms with E-state index in [-0.39, 0.29) is 5.41 Å². The molecule has 0 fully saturated rings. The number of rotatable bonds is 7. The normalized spacial score (nSPS) is 11.3. The van der Waals surface area contributed by atoms with E-state index in [0.29, 0.717) is 6.61 Å². The van der Waals surface area contributed by atoms with Gasteiger partial charge in [0.15, 0.2) is 0 Å². The van der Waals surface area contributed by atoms with Crippen LogP contribution >= 0.6 is 0 Å². The van der Waals surface area contributed by atoms with Crippen LogP contribution in [0.3, 0.4) is 0 Å². The minimum Gasteiger partial charge on any atom is -0.492 e. The third-order valence-electron chi connectivity index (χ3n) is 2.77.